The van der Waals surface area contributed by atoms with Crippen molar-refractivity contribution in [1.82, 2.24) is 0 Å². The monoisotopic (exact) mass is 282 g/mol. The molecule has 0 N–H and O–H groups in total. The summed E-state index contributed by atoms with van der Waals surface area (Å²) in [5.74, 6) is 0.813. The van der Waals surface area contributed by atoms with Crippen molar-refractivity contribution in [2.75, 3.05) is 0 Å². The minimum Gasteiger partial charge on any atom is -0.403 e. The van der Waals surface area contributed by atoms with Gasteiger partial charge in [-0.2, -0.15) is 0 Å². The molecule has 0 aliphatic carbocycles. The van der Waals surface area contributed by atoms with E-state index < -0.39 is 0 Å². The van der Waals surface area contributed by atoms with Crippen LogP contribution in [0.15, 0.2) is 0 Å². The molecule has 0 aromatic rings. The van der Waals surface area contributed by atoms with Crippen LogP contribution in [0.5, 0.6) is 0 Å². The fourth-order valence-electron chi connectivity index (χ4n) is 3.03. The molecule has 0 aromatic heterocycles. The van der Waals surface area contributed by atoms with Crippen molar-refractivity contribution in [3.05, 3.63) is 0 Å². The van der Waals surface area contributed by atoms with Gasteiger partial charge in [0.2, 0.25) is 0 Å². The zero-order valence-electron chi connectivity index (χ0n) is 15.0. The summed E-state index contributed by atoms with van der Waals surface area (Å²) in [4.78, 5) is 0. The van der Waals surface area contributed by atoms with Gasteiger partial charge >= 0.3 is 7.12 Å². The Morgan fingerprint density at radius 3 is 1.90 bits per heavy atom. The van der Waals surface area contributed by atoms with E-state index in [0.29, 0.717) is 5.41 Å². The van der Waals surface area contributed by atoms with E-state index in [1.54, 1.807) is 0 Å². The van der Waals surface area contributed by atoms with Crippen LogP contribution in [0, 0.1) is 11.3 Å². The van der Waals surface area contributed by atoms with Gasteiger partial charge in [-0.05, 0) is 51.8 Å². The average molecular weight is 282 g/mol. The lowest BCUT2D eigenvalue weighted by Gasteiger charge is -2.32. The first-order valence-corrected chi connectivity index (χ1v) is 8.29. The fraction of sp³-hybridized carbons (Fsp3) is 1.00. The van der Waals surface area contributed by atoms with Crippen molar-refractivity contribution >= 4 is 7.12 Å². The molecular formula is C17H35BO2. The summed E-state index contributed by atoms with van der Waals surface area (Å²) in [7, 11) is -0.0158. The normalized spacial score (nSPS) is 23.1. The number of rotatable bonds is 6. The Balaban J connectivity index is 2.20. The van der Waals surface area contributed by atoms with E-state index in [1.165, 1.54) is 25.7 Å². The van der Waals surface area contributed by atoms with Crippen molar-refractivity contribution in [1.29, 1.82) is 0 Å². The van der Waals surface area contributed by atoms with Crippen molar-refractivity contribution in [3.63, 3.8) is 0 Å². The summed E-state index contributed by atoms with van der Waals surface area (Å²) in [5, 5.41) is 0. The van der Waals surface area contributed by atoms with E-state index in [9.17, 15) is 0 Å². The molecule has 1 saturated heterocycles. The molecule has 20 heavy (non-hydrogen) atoms. The second kappa shape index (κ2) is 6.40. The van der Waals surface area contributed by atoms with Crippen molar-refractivity contribution in [2.45, 2.75) is 98.6 Å². The van der Waals surface area contributed by atoms with Gasteiger partial charge in [0.1, 0.15) is 0 Å². The van der Waals surface area contributed by atoms with Crippen LogP contribution in [0.3, 0.4) is 0 Å². The maximum atomic E-state index is 6.03. The predicted octanol–water partition coefficient (Wildman–Crippen LogP) is 5.32. The fourth-order valence-corrected chi connectivity index (χ4v) is 3.03. The Kier molecular flexibility index (Phi) is 5.77. The summed E-state index contributed by atoms with van der Waals surface area (Å²) in [6, 6.07) is 0. The minimum atomic E-state index is -0.183. The van der Waals surface area contributed by atoms with Crippen LogP contribution >= 0.6 is 0 Å². The molecule has 0 aromatic carbocycles. The standard InChI is InChI=1S/C17H35BO2/c1-14(13-15(2,3)4)11-9-10-12-18-19-16(5,6)17(7,8)20-18/h14H,9-13H2,1-8H3. The second-order valence-electron chi connectivity index (χ2n) is 8.84. The first kappa shape index (κ1) is 18.0. The van der Waals surface area contributed by atoms with Crippen molar-refractivity contribution in [3.8, 4) is 0 Å². The largest absolute Gasteiger partial charge is 0.457 e. The van der Waals surface area contributed by atoms with Gasteiger partial charge in [0.25, 0.3) is 0 Å². The molecule has 1 aliphatic heterocycles. The molecule has 2 nitrogen and oxygen atoms in total. The number of hydrogen-bond donors (Lipinski definition) is 0. The maximum Gasteiger partial charge on any atom is 0.457 e. The maximum absolute atomic E-state index is 6.03. The Bertz CT molecular complexity index is 289. The molecular weight excluding hydrogens is 247 g/mol. The smallest absolute Gasteiger partial charge is 0.403 e. The first-order valence-electron chi connectivity index (χ1n) is 8.29. The van der Waals surface area contributed by atoms with Crippen molar-refractivity contribution < 1.29 is 9.31 Å². The molecule has 0 saturated carbocycles. The Hall–Kier alpha value is -0.0151. The SMILES string of the molecule is CC(CCCCB1OC(C)(C)C(C)(C)O1)CC(C)(C)C. The van der Waals surface area contributed by atoms with E-state index in [-0.39, 0.29) is 18.3 Å². The summed E-state index contributed by atoms with van der Waals surface area (Å²) < 4.78 is 12.1. The Morgan fingerprint density at radius 1 is 0.950 bits per heavy atom. The van der Waals surface area contributed by atoms with Crippen LogP contribution < -0.4 is 0 Å². The molecule has 1 unspecified atom stereocenters. The van der Waals surface area contributed by atoms with Gasteiger partial charge in [-0.1, -0.05) is 47.0 Å². The highest BCUT2D eigenvalue weighted by atomic mass is 16.7. The van der Waals surface area contributed by atoms with Gasteiger partial charge in [-0.3, -0.25) is 0 Å². The lowest BCUT2D eigenvalue weighted by Crippen LogP contribution is -2.41. The van der Waals surface area contributed by atoms with E-state index in [4.69, 9.17) is 9.31 Å². The zero-order chi connectivity index (χ0) is 15.6. The molecule has 0 radical (unpaired) electrons. The summed E-state index contributed by atoms with van der Waals surface area (Å²) in [6.45, 7) is 17.9. The van der Waals surface area contributed by atoms with Gasteiger partial charge < -0.3 is 9.31 Å². The van der Waals surface area contributed by atoms with Crippen LogP contribution in [0.2, 0.25) is 6.32 Å². The van der Waals surface area contributed by atoms with Crippen LogP contribution in [0.1, 0.15) is 81.1 Å². The molecule has 1 rings (SSSR count). The van der Waals surface area contributed by atoms with E-state index in [2.05, 4.69) is 55.4 Å². The van der Waals surface area contributed by atoms with Gasteiger partial charge in [-0.25, -0.2) is 0 Å². The number of hydrogen-bond acceptors (Lipinski definition) is 2. The van der Waals surface area contributed by atoms with Crippen molar-refractivity contribution in [2.24, 2.45) is 11.3 Å². The molecule has 1 aliphatic rings. The van der Waals surface area contributed by atoms with E-state index >= 15 is 0 Å². The quantitative estimate of drug-likeness (QED) is 0.485. The zero-order valence-corrected chi connectivity index (χ0v) is 15.0. The third-order valence-electron chi connectivity index (χ3n) is 4.65. The molecule has 3 heteroatoms. The van der Waals surface area contributed by atoms with Crippen LogP contribution in [0.25, 0.3) is 0 Å². The van der Waals surface area contributed by atoms with Crippen LogP contribution in [0.4, 0.5) is 0 Å². The summed E-state index contributed by atoms with van der Waals surface area (Å²) in [5.41, 5.74) is 0.0829. The number of unbranched alkanes of at least 4 members (excludes halogenated alkanes) is 1. The molecule has 0 spiro atoms. The molecule has 1 heterocycles. The minimum absolute atomic E-state index is 0.0158. The molecule has 0 amide bonds. The van der Waals surface area contributed by atoms with Gasteiger partial charge in [-0.15, -0.1) is 0 Å². The van der Waals surface area contributed by atoms with Gasteiger partial charge in [0.05, 0.1) is 11.2 Å². The lowest BCUT2D eigenvalue weighted by molar-refractivity contribution is 0.00578. The third kappa shape index (κ3) is 5.40. The van der Waals surface area contributed by atoms with E-state index in [0.717, 1.165) is 12.2 Å². The van der Waals surface area contributed by atoms with Gasteiger partial charge in [0, 0.05) is 0 Å². The first-order chi connectivity index (χ1) is 8.93. The van der Waals surface area contributed by atoms with Gasteiger partial charge in [0.15, 0.2) is 0 Å². The summed E-state index contributed by atoms with van der Waals surface area (Å²) in [6.07, 6.45) is 6.13. The van der Waals surface area contributed by atoms with Crippen LogP contribution in [-0.2, 0) is 9.31 Å². The molecule has 1 fully saturated rings. The Morgan fingerprint density at radius 2 is 1.45 bits per heavy atom. The Labute approximate surface area is 127 Å². The highest BCUT2D eigenvalue weighted by molar-refractivity contribution is 6.45. The summed E-state index contributed by atoms with van der Waals surface area (Å²) >= 11 is 0. The third-order valence-corrected chi connectivity index (χ3v) is 4.65. The lowest BCUT2D eigenvalue weighted by atomic mass is 9.80. The highest BCUT2D eigenvalue weighted by Crippen LogP contribution is 2.38. The molecule has 1 atom stereocenters. The predicted molar refractivity (Wildman–Crippen MR) is 88.0 cm³/mol. The van der Waals surface area contributed by atoms with E-state index in [1.807, 2.05) is 0 Å². The average Bonchev–Trinajstić information content (AvgIpc) is 2.40. The highest BCUT2D eigenvalue weighted by Gasteiger charge is 2.50. The molecule has 0 bridgehead atoms. The second-order valence-corrected chi connectivity index (χ2v) is 8.84. The topological polar surface area (TPSA) is 18.5 Å². The molecule has 118 valence electrons. The van der Waals surface area contributed by atoms with Crippen LogP contribution in [-0.4, -0.2) is 18.3 Å².